The standard InChI is InChI=1S/C21H20F2N4O3/c1-2-27(17-9-29-6-10-3-11(22)4-14(23)18(10)17)21(28)16-5-15-19(25-16)12-7-30-8-13(12)20(24)26-15/h3-5,17,25H,2,6-9H2,1H3,(H2,24,26)/t17-/m1/s1. The van der Waals surface area contributed by atoms with Crippen molar-refractivity contribution in [1.29, 1.82) is 0 Å². The number of fused-ring (bicyclic) bond motifs is 4. The smallest absolute Gasteiger partial charge is 0.270 e. The van der Waals surface area contributed by atoms with Crippen LogP contribution < -0.4 is 5.73 Å². The van der Waals surface area contributed by atoms with Crippen molar-refractivity contribution in [1.82, 2.24) is 14.9 Å². The van der Waals surface area contributed by atoms with E-state index in [1.165, 1.54) is 11.0 Å². The van der Waals surface area contributed by atoms with E-state index in [0.29, 0.717) is 53.4 Å². The maximum Gasteiger partial charge on any atom is 0.270 e. The first-order valence-corrected chi connectivity index (χ1v) is 9.72. The van der Waals surface area contributed by atoms with Crippen LogP contribution >= 0.6 is 0 Å². The predicted octanol–water partition coefficient (Wildman–Crippen LogP) is 3.19. The summed E-state index contributed by atoms with van der Waals surface area (Å²) < 4.78 is 39.3. The third kappa shape index (κ3) is 2.85. The van der Waals surface area contributed by atoms with Crippen LogP contribution in [0.2, 0.25) is 0 Å². The zero-order valence-corrected chi connectivity index (χ0v) is 16.3. The maximum atomic E-state index is 14.6. The Morgan fingerprint density at radius 1 is 1.23 bits per heavy atom. The van der Waals surface area contributed by atoms with Gasteiger partial charge in [0.15, 0.2) is 0 Å². The van der Waals surface area contributed by atoms with Gasteiger partial charge < -0.3 is 25.1 Å². The van der Waals surface area contributed by atoms with Crippen molar-refractivity contribution in [3.63, 3.8) is 0 Å². The van der Waals surface area contributed by atoms with Gasteiger partial charge >= 0.3 is 0 Å². The average Bonchev–Trinajstić information content (AvgIpc) is 3.35. The highest BCUT2D eigenvalue weighted by molar-refractivity contribution is 5.98. The molecular weight excluding hydrogens is 394 g/mol. The summed E-state index contributed by atoms with van der Waals surface area (Å²) in [4.78, 5) is 22.4. The van der Waals surface area contributed by atoms with E-state index in [4.69, 9.17) is 15.2 Å². The fourth-order valence-corrected chi connectivity index (χ4v) is 4.36. The number of nitrogens with two attached hydrogens (primary N) is 1. The van der Waals surface area contributed by atoms with E-state index in [1.54, 1.807) is 13.0 Å². The second-order valence-corrected chi connectivity index (χ2v) is 7.47. The Labute approximate surface area is 170 Å². The van der Waals surface area contributed by atoms with E-state index in [0.717, 1.165) is 17.2 Å². The molecule has 5 rings (SSSR count). The van der Waals surface area contributed by atoms with Crippen molar-refractivity contribution in [3.8, 4) is 0 Å². The quantitative estimate of drug-likeness (QED) is 0.687. The number of aromatic amines is 1. The molecule has 3 N–H and O–H groups in total. The van der Waals surface area contributed by atoms with E-state index in [2.05, 4.69) is 9.97 Å². The van der Waals surface area contributed by atoms with Gasteiger partial charge in [0.05, 0.1) is 43.5 Å². The van der Waals surface area contributed by atoms with Crippen LogP contribution in [0.4, 0.5) is 14.6 Å². The van der Waals surface area contributed by atoms with Crippen molar-refractivity contribution < 1.29 is 23.0 Å². The summed E-state index contributed by atoms with van der Waals surface area (Å²) in [6.07, 6.45) is 0. The van der Waals surface area contributed by atoms with Gasteiger partial charge in [0.2, 0.25) is 0 Å². The zero-order chi connectivity index (χ0) is 21.0. The Bertz CT molecular complexity index is 1180. The molecule has 0 unspecified atom stereocenters. The molecule has 1 atom stereocenters. The number of hydrogen-bond donors (Lipinski definition) is 2. The van der Waals surface area contributed by atoms with Crippen LogP contribution in [0.15, 0.2) is 18.2 Å². The minimum atomic E-state index is -0.675. The molecule has 3 aromatic rings. The predicted molar refractivity (Wildman–Crippen MR) is 104 cm³/mol. The molecule has 0 aliphatic carbocycles. The van der Waals surface area contributed by atoms with Crippen LogP contribution in [-0.4, -0.2) is 33.9 Å². The summed E-state index contributed by atoms with van der Waals surface area (Å²) in [7, 11) is 0. The minimum Gasteiger partial charge on any atom is -0.383 e. The number of carbonyl (C=O) groups is 1. The fraction of sp³-hybridized carbons (Fsp3) is 0.333. The molecule has 7 nitrogen and oxygen atoms in total. The van der Waals surface area contributed by atoms with Crippen LogP contribution in [0, 0.1) is 11.6 Å². The molecular formula is C21H20F2N4O3. The summed E-state index contributed by atoms with van der Waals surface area (Å²) in [6.45, 7) is 3.13. The van der Waals surface area contributed by atoms with Crippen molar-refractivity contribution in [2.75, 3.05) is 18.9 Å². The normalized spacial score (nSPS) is 17.8. The number of aromatic nitrogens is 2. The van der Waals surface area contributed by atoms with Gasteiger partial charge in [-0.05, 0) is 24.6 Å². The lowest BCUT2D eigenvalue weighted by Crippen LogP contribution is -2.40. The SMILES string of the molecule is CCN(C(=O)c1cc2nc(N)c3c(c2[nH]1)COC3)[C@@H]1COCc2cc(F)cc(F)c21. The number of nitrogens with zero attached hydrogens (tertiary/aromatic N) is 2. The molecule has 0 radical (unpaired) electrons. The van der Waals surface area contributed by atoms with E-state index < -0.39 is 17.7 Å². The van der Waals surface area contributed by atoms with Gasteiger partial charge in [-0.3, -0.25) is 4.79 Å². The third-order valence-corrected chi connectivity index (χ3v) is 5.76. The summed E-state index contributed by atoms with van der Waals surface area (Å²) >= 11 is 0. The Balaban J connectivity index is 1.55. The number of anilines is 1. The van der Waals surface area contributed by atoms with Crippen LogP contribution in [0.5, 0.6) is 0 Å². The lowest BCUT2D eigenvalue weighted by atomic mass is 9.96. The monoisotopic (exact) mass is 414 g/mol. The second kappa shape index (κ2) is 7.03. The van der Waals surface area contributed by atoms with E-state index in [9.17, 15) is 13.6 Å². The van der Waals surface area contributed by atoms with Gasteiger partial charge in [-0.2, -0.15) is 0 Å². The summed E-state index contributed by atoms with van der Waals surface area (Å²) in [5.74, 6) is -1.28. The van der Waals surface area contributed by atoms with Crippen molar-refractivity contribution in [2.45, 2.75) is 32.8 Å². The highest BCUT2D eigenvalue weighted by atomic mass is 19.1. The molecule has 0 spiro atoms. The number of nitrogen functional groups attached to an aromatic ring is 1. The second-order valence-electron chi connectivity index (χ2n) is 7.47. The highest BCUT2D eigenvalue weighted by Crippen LogP contribution is 2.35. The van der Waals surface area contributed by atoms with Gasteiger partial charge in [0.25, 0.3) is 5.91 Å². The maximum absolute atomic E-state index is 14.6. The van der Waals surface area contributed by atoms with E-state index in [-0.39, 0.29) is 19.1 Å². The van der Waals surface area contributed by atoms with Crippen molar-refractivity contribution in [2.24, 2.45) is 0 Å². The topological polar surface area (TPSA) is 93.5 Å². The molecule has 156 valence electrons. The number of benzene rings is 1. The number of hydrogen-bond acceptors (Lipinski definition) is 5. The number of nitrogens with one attached hydrogen (secondary N) is 1. The third-order valence-electron chi connectivity index (χ3n) is 5.76. The van der Waals surface area contributed by atoms with Crippen LogP contribution in [0.25, 0.3) is 11.0 Å². The molecule has 0 fully saturated rings. The van der Waals surface area contributed by atoms with Gasteiger partial charge in [0, 0.05) is 29.3 Å². The Morgan fingerprint density at radius 3 is 2.83 bits per heavy atom. The average molecular weight is 414 g/mol. The lowest BCUT2D eigenvalue weighted by Gasteiger charge is -2.35. The van der Waals surface area contributed by atoms with Crippen LogP contribution in [-0.2, 0) is 29.3 Å². The molecule has 9 heteroatoms. The molecule has 30 heavy (non-hydrogen) atoms. The highest BCUT2D eigenvalue weighted by Gasteiger charge is 2.33. The molecule has 2 aromatic heterocycles. The molecule has 0 bridgehead atoms. The van der Waals surface area contributed by atoms with Crippen molar-refractivity contribution >= 4 is 22.8 Å². The number of H-pyrrole nitrogens is 1. The van der Waals surface area contributed by atoms with Gasteiger partial charge in [-0.15, -0.1) is 0 Å². The Kier molecular flexibility index (Phi) is 4.44. The fourth-order valence-electron chi connectivity index (χ4n) is 4.36. The number of amides is 1. The molecule has 0 saturated carbocycles. The largest absolute Gasteiger partial charge is 0.383 e. The van der Waals surface area contributed by atoms with Gasteiger partial charge in [-0.25, -0.2) is 13.8 Å². The molecule has 1 aromatic carbocycles. The van der Waals surface area contributed by atoms with Crippen LogP contribution in [0.3, 0.4) is 0 Å². The summed E-state index contributed by atoms with van der Waals surface area (Å²) in [5.41, 5.74) is 10.1. The number of ether oxygens (including phenoxy) is 2. The molecule has 0 saturated heterocycles. The number of pyridine rings is 1. The number of halogens is 2. The molecule has 2 aliphatic rings. The number of carbonyl (C=O) groups excluding carboxylic acids is 1. The first-order valence-electron chi connectivity index (χ1n) is 9.72. The number of rotatable bonds is 3. The molecule has 2 aliphatic heterocycles. The van der Waals surface area contributed by atoms with E-state index in [1.807, 2.05) is 0 Å². The summed E-state index contributed by atoms with van der Waals surface area (Å²) in [6, 6.07) is 3.07. The zero-order valence-electron chi connectivity index (χ0n) is 16.3. The van der Waals surface area contributed by atoms with Gasteiger partial charge in [-0.1, -0.05) is 0 Å². The Hall–Kier alpha value is -3.04. The lowest BCUT2D eigenvalue weighted by molar-refractivity contribution is 0.0267. The van der Waals surface area contributed by atoms with E-state index >= 15 is 0 Å². The first-order chi connectivity index (χ1) is 14.5. The first kappa shape index (κ1) is 19.0. The van der Waals surface area contributed by atoms with Crippen molar-refractivity contribution in [3.05, 3.63) is 57.8 Å². The minimum absolute atomic E-state index is 0.105. The summed E-state index contributed by atoms with van der Waals surface area (Å²) in [5, 5.41) is 0. The Morgan fingerprint density at radius 2 is 2.03 bits per heavy atom. The van der Waals surface area contributed by atoms with Crippen LogP contribution in [0.1, 0.15) is 45.7 Å². The van der Waals surface area contributed by atoms with Gasteiger partial charge in [0.1, 0.15) is 23.1 Å². The molecule has 4 heterocycles. The number of likely N-dealkylation sites (N-methyl/N-ethyl adjacent to an activating group) is 1. The molecule has 1 amide bonds.